The molecule has 3 rings (SSSR count). The Balaban J connectivity index is 1.63. The van der Waals surface area contributed by atoms with E-state index in [1.54, 1.807) is 25.1 Å². The molecule has 8 nitrogen and oxygen atoms in total. The summed E-state index contributed by atoms with van der Waals surface area (Å²) < 4.78 is 17.0. The second kappa shape index (κ2) is 11.1. The number of nitrogens with zero attached hydrogens (tertiary/aromatic N) is 3. The summed E-state index contributed by atoms with van der Waals surface area (Å²) in [6.45, 7) is 6.52. The van der Waals surface area contributed by atoms with Crippen molar-refractivity contribution in [3.05, 3.63) is 63.7 Å². The molecule has 33 heavy (non-hydrogen) atoms. The van der Waals surface area contributed by atoms with Crippen LogP contribution in [0.4, 0.5) is 5.13 Å². The molecule has 1 N–H and O–H groups in total. The molecule has 3 aromatic rings. The third-order valence-electron chi connectivity index (χ3n) is 4.54. The average Bonchev–Trinajstić information content (AvgIpc) is 3.20. The van der Waals surface area contributed by atoms with Crippen LogP contribution in [-0.4, -0.2) is 36.4 Å². The zero-order valence-electron chi connectivity index (χ0n) is 18.8. The van der Waals surface area contributed by atoms with Gasteiger partial charge in [0.15, 0.2) is 11.5 Å². The number of ether oxygens (including phenoxy) is 3. The van der Waals surface area contributed by atoms with Crippen LogP contribution < -0.4 is 19.5 Å². The van der Waals surface area contributed by atoms with E-state index in [-0.39, 0.29) is 5.57 Å². The Morgan fingerprint density at radius 3 is 2.42 bits per heavy atom. The van der Waals surface area contributed by atoms with E-state index in [0.717, 1.165) is 11.3 Å². The number of aromatic nitrogens is 2. The van der Waals surface area contributed by atoms with Crippen LogP contribution in [0.5, 0.6) is 17.2 Å². The highest BCUT2D eigenvalue weighted by molar-refractivity contribution is 7.15. The number of nitrogens with one attached hydrogen (secondary N) is 1. The van der Waals surface area contributed by atoms with Gasteiger partial charge in [-0.15, -0.1) is 10.2 Å². The van der Waals surface area contributed by atoms with E-state index in [1.165, 1.54) is 30.1 Å². The summed E-state index contributed by atoms with van der Waals surface area (Å²) in [5.74, 6) is 1.28. The summed E-state index contributed by atoms with van der Waals surface area (Å²) in [5.41, 5.74) is 2.80. The average molecular weight is 465 g/mol. The Morgan fingerprint density at radius 1 is 1.06 bits per heavy atom. The van der Waals surface area contributed by atoms with Crippen molar-refractivity contribution in [2.45, 2.75) is 20.8 Å². The maximum Gasteiger partial charge on any atom is 0.268 e. The van der Waals surface area contributed by atoms with Gasteiger partial charge < -0.3 is 14.2 Å². The minimum atomic E-state index is -0.559. The van der Waals surface area contributed by atoms with Crippen molar-refractivity contribution in [1.82, 2.24) is 10.2 Å². The third kappa shape index (κ3) is 6.54. The van der Waals surface area contributed by atoms with Gasteiger partial charge in [0.05, 0.1) is 7.11 Å². The molecule has 0 aliphatic heterocycles. The molecule has 1 heterocycles. The molecule has 1 amide bonds. The number of benzene rings is 2. The number of hydrogen-bond donors (Lipinski definition) is 1. The summed E-state index contributed by atoms with van der Waals surface area (Å²) in [6, 6.07) is 13.1. The Bertz CT molecular complexity index is 1210. The number of nitriles is 1. The van der Waals surface area contributed by atoms with Crippen LogP contribution in [0.3, 0.4) is 0 Å². The largest absolute Gasteiger partial charge is 0.493 e. The zero-order chi connectivity index (χ0) is 23.8. The molecule has 0 unspecified atom stereocenters. The maximum atomic E-state index is 12.4. The number of anilines is 1. The highest BCUT2D eigenvalue weighted by atomic mass is 32.1. The molecule has 0 saturated carbocycles. The summed E-state index contributed by atoms with van der Waals surface area (Å²) >= 11 is 1.23. The summed E-state index contributed by atoms with van der Waals surface area (Å²) in [4.78, 5) is 12.4. The van der Waals surface area contributed by atoms with E-state index in [9.17, 15) is 10.1 Å². The lowest BCUT2D eigenvalue weighted by molar-refractivity contribution is -0.112. The van der Waals surface area contributed by atoms with Crippen LogP contribution in [0, 0.1) is 32.1 Å². The molecule has 0 aliphatic carbocycles. The molecular weight excluding hydrogens is 440 g/mol. The first-order chi connectivity index (χ1) is 15.9. The van der Waals surface area contributed by atoms with Crippen LogP contribution in [0.15, 0.2) is 42.0 Å². The van der Waals surface area contributed by atoms with Crippen LogP contribution >= 0.6 is 11.3 Å². The molecule has 0 fully saturated rings. The summed E-state index contributed by atoms with van der Waals surface area (Å²) in [6.07, 6.45) is 1.47. The molecule has 0 saturated heterocycles. The minimum absolute atomic E-state index is 0.0690. The first-order valence-electron chi connectivity index (χ1n) is 10.1. The molecule has 0 bridgehead atoms. The third-order valence-corrected chi connectivity index (χ3v) is 5.29. The van der Waals surface area contributed by atoms with Gasteiger partial charge in [-0.1, -0.05) is 35.1 Å². The van der Waals surface area contributed by atoms with Gasteiger partial charge in [0.2, 0.25) is 5.13 Å². The number of amides is 1. The first-order valence-corrected chi connectivity index (χ1v) is 11.0. The second-order valence-electron chi connectivity index (χ2n) is 7.13. The molecule has 2 aromatic carbocycles. The van der Waals surface area contributed by atoms with Crippen LogP contribution in [0.25, 0.3) is 6.08 Å². The Kier molecular flexibility index (Phi) is 8.00. The highest BCUT2D eigenvalue weighted by Gasteiger charge is 2.13. The Morgan fingerprint density at radius 2 is 1.79 bits per heavy atom. The topological polar surface area (TPSA) is 106 Å². The molecule has 0 atom stereocenters. The van der Waals surface area contributed by atoms with Crippen molar-refractivity contribution in [2.24, 2.45) is 0 Å². The molecule has 0 radical (unpaired) electrons. The van der Waals surface area contributed by atoms with Gasteiger partial charge in [0, 0.05) is 0 Å². The standard InChI is InChI=1S/C24H24N4O4S/c1-15-5-7-20(16(2)11-15)31-9-10-32-21-8-6-18(13-22(21)30-4)12-19(14-25)23(29)26-24-28-27-17(3)33-24/h5-8,11-13H,9-10H2,1-4H3,(H,26,28,29)/b19-12-. The number of methoxy groups -OCH3 is 1. The van der Waals surface area contributed by atoms with Crippen molar-refractivity contribution in [3.8, 4) is 23.3 Å². The number of aryl methyl sites for hydroxylation is 3. The fourth-order valence-corrected chi connectivity index (χ4v) is 3.57. The fourth-order valence-electron chi connectivity index (χ4n) is 2.98. The molecule has 1 aromatic heterocycles. The first kappa shape index (κ1) is 23.8. The zero-order valence-corrected chi connectivity index (χ0v) is 19.7. The van der Waals surface area contributed by atoms with Gasteiger partial charge in [-0.05, 0) is 56.2 Å². The molecular formula is C24H24N4O4S. The van der Waals surface area contributed by atoms with Crippen LogP contribution in [0.2, 0.25) is 0 Å². The van der Waals surface area contributed by atoms with Gasteiger partial charge >= 0.3 is 0 Å². The quantitative estimate of drug-likeness (QED) is 0.283. The van der Waals surface area contributed by atoms with Crippen LogP contribution in [0.1, 0.15) is 21.7 Å². The van der Waals surface area contributed by atoms with Crippen LogP contribution in [-0.2, 0) is 4.79 Å². The second-order valence-corrected chi connectivity index (χ2v) is 8.31. The number of carbonyl (C=O) groups excluding carboxylic acids is 1. The van der Waals surface area contributed by atoms with Crippen molar-refractivity contribution in [2.75, 3.05) is 25.6 Å². The molecule has 9 heteroatoms. The SMILES string of the molecule is COc1cc(/C=C(/C#N)C(=O)Nc2nnc(C)s2)ccc1OCCOc1ccc(C)cc1C. The highest BCUT2D eigenvalue weighted by Crippen LogP contribution is 2.29. The van der Waals surface area contributed by atoms with E-state index in [4.69, 9.17) is 14.2 Å². The predicted octanol–water partition coefficient (Wildman–Crippen LogP) is 4.48. The fraction of sp³-hybridized carbons (Fsp3) is 0.250. The normalized spacial score (nSPS) is 10.9. The Hall–Kier alpha value is -3.90. The van der Waals surface area contributed by atoms with E-state index < -0.39 is 5.91 Å². The van der Waals surface area contributed by atoms with Gasteiger partial charge in [-0.25, -0.2) is 0 Å². The number of hydrogen-bond acceptors (Lipinski definition) is 8. The number of rotatable bonds is 9. The lowest BCUT2D eigenvalue weighted by Crippen LogP contribution is -2.13. The number of carbonyl (C=O) groups is 1. The maximum absolute atomic E-state index is 12.4. The van der Waals surface area contributed by atoms with E-state index >= 15 is 0 Å². The van der Waals surface area contributed by atoms with Gasteiger partial charge in [0.25, 0.3) is 5.91 Å². The molecule has 170 valence electrons. The predicted molar refractivity (Wildman–Crippen MR) is 127 cm³/mol. The van der Waals surface area contributed by atoms with E-state index in [0.29, 0.717) is 40.4 Å². The van der Waals surface area contributed by atoms with Gasteiger partial charge in [-0.3, -0.25) is 10.1 Å². The monoisotopic (exact) mass is 464 g/mol. The smallest absolute Gasteiger partial charge is 0.268 e. The van der Waals surface area contributed by atoms with Crippen molar-refractivity contribution in [3.63, 3.8) is 0 Å². The lowest BCUT2D eigenvalue weighted by atomic mass is 10.1. The van der Waals surface area contributed by atoms with Crippen molar-refractivity contribution in [1.29, 1.82) is 5.26 Å². The summed E-state index contributed by atoms with van der Waals surface area (Å²) in [7, 11) is 1.53. The van der Waals surface area contributed by atoms with Gasteiger partial charge in [-0.2, -0.15) is 5.26 Å². The molecule has 0 spiro atoms. The Labute approximate surface area is 196 Å². The summed E-state index contributed by atoms with van der Waals surface area (Å²) in [5, 5.41) is 20.7. The van der Waals surface area contributed by atoms with E-state index in [1.807, 2.05) is 32.0 Å². The van der Waals surface area contributed by atoms with Gasteiger partial charge in [0.1, 0.15) is 35.6 Å². The van der Waals surface area contributed by atoms with Crippen molar-refractivity contribution < 1.29 is 19.0 Å². The van der Waals surface area contributed by atoms with E-state index in [2.05, 4.69) is 21.6 Å². The molecule has 0 aliphatic rings. The van der Waals surface area contributed by atoms with Crippen molar-refractivity contribution >= 4 is 28.5 Å². The lowest BCUT2D eigenvalue weighted by Gasteiger charge is -2.13. The minimum Gasteiger partial charge on any atom is -0.493 e.